The number of nitro groups is 2. The minimum Gasteiger partial charge on any atom is -0.481 e. The van der Waals surface area contributed by atoms with Crippen LogP contribution in [0.15, 0.2) is 11.0 Å². The molecule has 1 aromatic carbocycles. The molecule has 0 spiro atoms. The van der Waals surface area contributed by atoms with E-state index in [0.717, 1.165) is 11.8 Å². The average Bonchev–Trinajstić information content (AvgIpc) is 2.26. The molecule has 0 heterocycles. The van der Waals surface area contributed by atoms with Crippen molar-refractivity contribution in [2.75, 3.05) is 5.75 Å². The van der Waals surface area contributed by atoms with E-state index >= 15 is 0 Å². The summed E-state index contributed by atoms with van der Waals surface area (Å²) < 4.78 is 0. The van der Waals surface area contributed by atoms with Crippen molar-refractivity contribution >= 4 is 29.1 Å². The van der Waals surface area contributed by atoms with Crippen LogP contribution < -0.4 is 0 Å². The summed E-state index contributed by atoms with van der Waals surface area (Å²) >= 11 is 0.819. The molecule has 0 fully saturated rings. The molecule has 0 aromatic heterocycles. The summed E-state index contributed by atoms with van der Waals surface area (Å²) in [5.74, 6) is -1.42. The van der Waals surface area contributed by atoms with Gasteiger partial charge < -0.3 is 5.11 Å². The van der Waals surface area contributed by atoms with Crippen molar-refractivity contribution in [3.8, 4) is 0 Å². The maximum absolute atomic E-state index is 11.0. The molecule has 0 aliphatic carbocycles. The van der Waals surface area contributed by atoms with Crippen LogP contribution in [0.5, 0.6) is 0 Å². The molecule has 102 valence electrons. The van der Waals surface area contributed by atoms with Crippen LogP contribution in [0.3, 0.4) is 0 Å². The van der Waals surface area contributed by atoms with Gasteiger partial charge in [-0.3, -0.25) is 25.0 Å². The number of nitro benzene ring substituents is 2. The predicted molar refractivity (Wildman–Crippen MR) is 67.6 cm³/mol. The highest BCUT2D eigenvalue weighted by Crippen LogP contribution is 2.37. The van der Waals surface area contributed by atoms with E-state index in [1.807, 2.05) is 0 Å². The Morgan fingerprint density at radius 2 is 1.84 bits per heavy atom. The van der Waals surface area contributed by atoms with Gasteiger partial charge in [0, 0.05) is 16.5 Å². The molecular weight excluding hydrogens is 276 g/mol. The average molecular weight is 286 g/mol. The van der Waals surface area contributed by atoms with Gasteiger partial charge in [0.25, 0.3) is 11.4 Å². The fourth-order valence-corrected chi connectivity index (χ4v) is 2.40. The van der Waals surface area contributed by atoms with Crippen molar-refractivity contribution in [1.82, 2.24) is 0 Å². The van der Waals surface area contributed by atoms with Gasteiger partial charge in [-0.2, -0.15) is 0 Å². The Balaban J connectivity index is 3.43. The molecule has 0 atom stereocenters. The summed E-state index contributed by atoms with van der Waals surface area (Å²) in [6.07, 6.45) is 0. The molecule has 0 amide bonds. The monoisotopic (exact) mass is 286 g/mol. The zero-order valence-corrected chi connectivity index (χ0v) is 10.9. The Morgan fingerprint density at radius 3 is 2.26 bits per heavy atom. The third-order valence-corrected chi connectivity index (χ3v) is 3.59. The molecule has 0 bridgehead atoms. The number of aliphatic carboxylic acids is 1. The maximum atomic E-state index is 11.0. The highest BCUT2D eigenvalue weighted by molar-refractivity contribution is 8.00. The first-order valence-corrected chi connectivity index (χ1v) is 6.01. The molecular formula is C10H10N2O6S. The van der Waals surface area contributed by atoms with E-state index in [9.17, 15) is 25.0 Å². The molecule has 9 heteroatoms. The fourth-order valence-electron chi connectivity index (χ4n) is 1.61. The number of nitrogens with zero attached hydrogens (tertiary/aromatic N) is 2. The second-order valence-corrected chi connectivity index (χ2v) is 4.71. The summed E-state index contributed by atoms with van der Waals surface area (Å²) in [4.78, 5) is 31.1. The minimum absolute atomic E-state index is 0.0350. The van der Waals surface area contributed by atoms with Gasteiger partial charge >= 0.3 is 5.97 Å². The van der Waals surface area contributed by atoms with E-state index in [4.69, 9.17) is 5.11 Å². The normalized spacial score (nSPS) is 10.2. The quantitative estimate of drug-likeness (QED) is 0.500. The van der Waals surface area contributed by atoms with Crippen LogP contribution in [0.25, 0.3) is 0 Å². The first-order valence-electron chi connectivity index (χ1n) is 5.03. The van der Waals surface area contributed by atoms with E-state index in [2.05, 4.69) is 0 Å². The van der Waals surface area contributed by atoms with Crippen LogP contribution in [0.4, 0.5) is 11.4 Å². The Bertz CT molecular complexity index is 572. The van der Waals surface area contributed by atoms with Crippen molar-refractivity contribution in [1.29, 1.82) is 0 Å². The number of benzene rings is 1. The Hall–Kier alpha value is -2.16. The summed E-state index contributed by atoms with van der Waals surface area (Å²) in [5, 5.41) is 30.4. The summed E-state index contributed by atoms with van der Waals surface area (Å²) in [6, 6.07) is 1.17. The minimum atomic E-state index is -1.10. The van der Waals surface area contributed by atoms with Crippen LogP contribution in [0.2, 0.25) is 0 Å². The first-order chi connectivity index (χ1) is 8.75. The highest BCUT2D eigenvalue weighted by Gasteiger charge is 2.27. The molecule has 0 saturated heterocycles. The molecule has 0 saturated carbocycles. The van der Waals surface area contributed by atoms with Crippen molar-refractivity contribution in [2.45, 2.75) is 18.7 Å². The van der Waals surface area contributed by atoms with Crippen molar-refractivity contribution in [2.24, 2.45) is 0 Å². The van der Waals surface area contributed by atoms with Gasteiger partial charge in [0.1, 0.15) is 5.56 Å². The lowest BCUT2D eigenvalue weighted by Crippen LogP contribution is -2.03. The summed E-state index contributed by atoms with van der Waals surface area (Å²) in [6.45, 7) is 2.74. The SMILES string of the molecule is Cc1c(SCC(=O)O)cc([N+](=O)[O-])c(C)c1[N+](=O)[O-]. The van der Waals surface area contributed by atoms with Crippen LogP contribution in [0.1, 0.15) is 11.1 Å². The van der Waals surface area contributed by atoms with E-state index in [-0.39, 0.29) is 33.2 Å². The van der Waals surface area contributed by atoms with Gasteiger partial charge in [-0.25, -0.2) is 0 Å². The summed E-state index contributed by atoms with van der Waals surface area (Å²) in [7, 11) is 0. The first kappa shape index (κ1) is 14.9. The van der Waals surface area contributed by atoms with E-state index in [0.29, 0.717) is 0 Å². The van der Waals surface area contributed by atoms with Gasteiger partial charge in [-0.15, -0.1) is 11.8 Å². The Morgan fingerprint density at radius 1 is 1.26 bits per heavy atom. The zero-order valence-electron chi connectivity index (χ0n) is 10.1. The van der Waals surface area contributed by atoms with E-state index in [1.165, 1.54) is 19.9 Å². The van der Waals surface area contributed by atoms with Gasteiger partial charge in [0.15, 0.2) is 0 Å². The summed E-state index contributed by atoms with van der Waals surface area (Å²) in [5.41, 5.74) is -0.529. The van der Waals surface area contributed by atoms with Crippen molar-refractivity contribution < 1.29 is 19.7 Å². The molecule has 0 aliphatic heterocycles. The number of hydrogen-bond donors (Lipinski definition) is 1. The lowest BCUT2D eigenvalue weighted by Gasteiger charge is -2.07. The van der Waals surface area contributed by atoms with Gasteiger partial charge in [-0.1, -0.05) is 0 Å². The Kier molecular flexibility index (Phi) is 4.43. The third kappa shape index (κ3) is 3.19. The second kappa shape index (κ2) is 5.65. The molecule has 1 N–H and O–H groups in total. The maximum Gasteiger partial charge on any atom is 0.313 e. The smallest absolute Gasteiger partial charge is 0.313 e. The third-order valence-electron chi connectivity index (χ3n) is 2.46. The van der Waals surface area contributed by atoms with E-state index in [1.54, 1.807) is 0 Å². The van der Waals surface area contributed by atoms with E-state index < -0.39 is 15.8 Å². The van der Waals surface area contributed by atoms with Crippen molar-refractivity contribution in [3.63, 3.8) is 0 Å². The zero-order chi connectivity index (χ0) is 14.7. The van der Waals surface area contributed by atoms with Gasteiger partial charge in [0.2, 0.25) is 0 Å². The van der Waals surface area contributed by atoms with Gasteiger partial charge in [-0.05, 0) is 13.8 Å². The number of carboxylic acids is 1. The standard InChI is InChI=1S/C10H10N2O6S/c1-5-7(11(15)16)3-8(19-4-9(13)14)6(2)10(5)12(17)18/h3H,4H2,1-2H3,(H,13,14). The molecule has 0 unspecified atom stereocenters. The number of carbonyl (C=O) groups is 1. The topological polar surface area (TPSA) is 124 Å². The fraction of sp³-hybridized carbons (Fsp3) is 0.300. The molecule has 19 heavy (non-hydrogen) atoms. The number of hydrogen-bond acceptors (Lipinski definition) is 6. The lowest BCUT2D eigenvalue weighted by atomic mass is 10.1. The number of carboxylic acid groups (broad SMARTS) is 1. The van der Waals surface area contributed by atoms with Crippen LogP contribution in [0, 0.1) is 34.1 Å². The number of rotatable bonds is 5. The van der Waals surface area contributed by atoms with Crippen LogP contribution in [-0.2, 0) is 4.79 Å². The molecule has 0 radical (unpaired) electrons. The van der Waals surface area contributed by atoms with Crippen molar-refractivity contribution in [3.05, 3.63) is 37.4 Å². The largest absolute Gasteiger partial charge is 0.481 e. The molecule has 8 nitrogen and oxygen atoms in total. The highest BCUT2D eigenvalue weighted by atomic mass is 32.2. The molecule has 1 aromatic rings. The molecule has 1 rings (SSSR count). The molecule has 0 aliphatic rings. The van der Waals surface area contributed by atoms with Gasteiger partial charge in [0.05, 0.1) is 15.6 Å². The number of thioether (sulfide) groups is 1. The van der Waals surface area contributed by atoms with Crippen LogP contribution >= 0.6 is 11.8 Å². The lowest BCUT2D eigenvalue weighted by molar-refractivity contribution is -0.395. The second-order valence-electron chi connectivity index (χ2n) is 3.69. The predicted octanol–water partition coefficient (Wildman–Crippen LogP) is 2.30. The van der Waals surface area contributed by atoms with Crippen LogP contribution in [-0.4, -0.2) is 26.7 Å². The Labute approximate surface area is 111 Å².